The molecule has 0 radical (unpaired) electrons. The van der Waals surface area contributed by atoms with E-state index in [1.54, 1.807) is 6.07 Å². The molecule has 0 bridgehead atoms. The van der Waals surface area contributed by atoms with Crippen molar-refractivity contribution in [2.75, 3.05) is 23.1 Å². The van der Waals surface area contributed by atoms with Gasteiger partial charge in [-0.15, -0.1) is 0 Å². The molecule has 0 saturated carbocycles. The lowest BCUT2D eigenvalue weighted by molar-refractivity contribution is 0.893. The van der Waals surface area contributed by atoms with Gasteiger partial charge in [0, 0.05) is 19.7 Å². The number of anilines is 3. The molecule has 6 nitrogen and oxygen atoms in total. The van der Waals surface area contributed by atoms with Crippen molar-refractivity contribution >= 4 is 17.6 Å². The van der Waals surface area contributed by atoms with E-state index in [-0.39, 0.29) is 5.95 Å². The summed E-state index contributed by atoms with van der Waals surface area (Å²) in [6, 6.07) is 10.1. The van der Waals surface area contributed by atoms with Crippen LogP contribution in [0, 0.1) is 6.92 Å². The summed E-state index contributed by atoms with van der Waals surface area (Å²) in [4.78, 5) is 10.1. The summed E-state index contributed by atoms with van der Waals surface area (Å²) in [5.41, 5.74) is 10.6. The van der Waals surface area contributed by atoms with E-state index in [1.165, 1.54) is 11.1 Å². The fourth-order valence-electron chi connectivity index (χ4n) is 1.77. The molecule has 1 aromatic carbocycles. The number of nitrogens with two attached hydrogens (primary N) is 2. The van der Waals surface area contributed by atoms with Gasteiger partial charge in [-0.25, -0.2) is 5.84 Å². The Hall–Kier alpha value is -2.34. The van der Waals surface area contributed by atoms with E-state index in [1.807, 2.05) is 11.9 Å². The Kier molecular flexibility index (Phi) is 3.82. The lowest BCUT2D eigenvalue weighted by Crippen LogP contribution is -2.19. The van der Waals surface area contributed by atoms with Gasteiger partial charge in [0.2, 0.25) is 5.95 Å². The third-order valence-electron chi connectivity index (χ3n) is 2.81. The van der Waals surface area contributed by atoms with Gasteiger partial charge in [0.15, 0.2) is 0 Å². The van der Waals surface area contributed by atoms with Crippen molar-refractivity contribution in [2.24, 2.45) is 5.84 Å². The number of benzene rings is 1. The molecule has 1 aromatic heterocycles. The van der Waals surface area contributed by atoms with E-state index in [9.17, 15) is 0 Å². The zero-order valence-electron chi connectivity index (χ0n) is 11.1. The third kappa shape index (κ3) is 3.32. The van der Waals surface area contributed by atoms with Crippen LogP contribution >= 0.6 is 0 Å². The van der Waals surface area contributed by atoms with Gasteiger partial charge in [0.1, 0.15) is 11.6 Å². The van der Waals surface area contributed by atoms with Crippen LogP contribution in [-0.4, -0.2) is 17.0 Å². The Balaban J connectivity index is 2.17. The van der Waals surface area contributed by atoms with Crippen molar-refractivity contribution in [1.29, 1.82) is 0 Å². The average molecular weight is 258 g/mol. The molecule has 0 amide bonds. The maximum Gasteiger partial charge on any atom is 0.223 e. The molecule has 5 N–H and O–H groups in total. The maximum atomic E-state index is 5.64. The second kappa shape index (κ2) is 5.53. The quantitative estimate of drug-likeness (QED) is 0.565. The van der Waals surface area contributed by atoms with E-state index in [0.29, 0.717) is 5.82 Å². The molecule has 0 saturated heterocycles. The first kappa shape index (κ1) is 13.1. The molecule has 19 heavy (non-hydrogen) atoms. The number of aromatic nitrogens is 2. The van der Waals surface area contributed by atoms with Crippen LogP contribution in [0.2, 0.25) is 0 Å². The highest BCUT2D eigenvalue weighted by Gasteiger charge is 2.07. The number of nitrogens with zero attached hydrogens (tertiary/aromatic N) is 3. The zero-order valence-corrected chi connectivity index (χ0v) is 11.1. The number of hydrogen-bond acceptors (Lipinski definition) is 6. The number of hydrogen-bond donors (Lipinski definition) is 3. The van der Waals surface area contributed by atoms with Gasteiger partial charge in [0.25, 0.3) is 0 Å². The first-order valence-electron chi connectivity index (χ1n) is 5.96. The molecule has 0 fully saturated rings. The van der Waals surface area contributed by atoms with E-state index >= 15 is 0 Å². The van der Waals surface area contributed by atoms with Crippen molar-refractivity contribution in [3.05, 3.63) is 41.5 Å². The van der Waals surface area contributed by atoms with Gasteiger partial charge in [-0.1, -0.05) is 29.8 Å². The number of nitrogens with one attached hydrogen (secondary N) is 1. The number of aryl methyl sites for hydroxylation is 1. The maximum absolute atomic E-state index is 5.64. The molecule has 0 spiro atoms. The smallest absolute Gasteiger partial charge is 0.223 e. The second-order valence-electron chi connectivity index (χ2n) is 4.46. The Morgan fingerprint density at radius 3 is 2.53 bits per heavy atom. The molecule has 1 heterocycles. The summed E-state index contributed by atoms with van der Waals surface area (Å²) in [6.07, 6.45) is 0. The van der Waals surface area contributed by atoms with Crippen molar-refractivity contribution in [3.8, 4) is 0 Å². The molecule has 0 aliphatic carbocycles. The van der Waals surface area contributed by atoms with E-state index < -0.39 is 0 Å². The van der Waals surface area contributed by atoms with Crippen LogP contribution in [0.25, 0.3) is 0 Å². The minimum atomic E-state index is 0.196. The zero-order chi connectivity index (χ0) is 13.8. The SMILES string of the molecule is Cc1ccc(CN(C)c2cc(NN)nc(N)n2)cc1. The number of hydrazine groups is 1. The monoisotopic (exact) mass is 258 g/mol. The minimum Gasteiger partial charge on any atom is -0.368 e. The molecule has 2 aromatic rings. The highest BCUT2D eigenvalue weighted by molar-refractivity contribution is 5.51. The van der Waals surface area contributed by atoms with Crippen LogP contribution in [0.15, 0.2) is 30.3 Å². The number of nitrogen functional groups attached to an aromatic ring is 2. The van der Waals surface area contributed by atoms with Crippen LogP contribution in [0.3, 0.4) is 0 Å². The van der Waals surface area contributed by atoms with Crippen LogP contribution in [0.1, 0.15) is 11.1 Å². The van der Waals surface area contributed by atoms with Gasteiger partial charge in [-0.2, -0.15) is 9.97 Å². The Morgan fingerprint density at radius 1 is 1.21 bits per heavy atom. The van der Waals surface area contributed by atoms with Crippen molar-refractivity contribution in [3.63, 3.8) is 0 Å². The molecule has 100 valence electrons. The van der Waals surface area contributed by atoms with Crippen molar-refractivity contribution in [2.45, 2.75) is 13.5 Å². The summed E-state index contributed by atoms with van der Waals surface area (Å²) >= 11 is 0. The topological polar surface area (TPSA) is 93.1 Å². The Labute approximate surface area is 112 Å². The second-order valence-corrected chi connectivity index (χ2v) is 4.46. The van der Waals surface area contributed by atoms with Gasteiger partial charge < -0.3 is 16.1 Å². The predicted molar refractivity (Wildman–Crippen MR) is 77.5 cm³/mol. The Bertz CT molecular complexity index is 552. The van der Waals surface area contributed by atoms with Crippen molar-refractivity contribution < 1.29 is 0 Å². The van der Waals surface area contributed by atoms with Crippen LogP contribution in [0.4, 0.5) is 17.6 Å². The first-order valence-corrected chi connectivity index (χ1v) is 5.96. The largest absolute Gasteiger partial charge is 0.368 e. The van der Waals surface area contributed by atoms with E-state index in [2.05, 4.69) is 46.6 Å². The lowest BCUT2D eigenvalue weighted by atomic mass is 10.1. The van der Waals surface area contributed by atoms with Gasteiger partial charge in [-0.05, 0) is 12.5 Å². The molecule has 0 unspecified atom stereocenters. The van der Waals surface area contributed by atoms with Gasteiger partial charge >= 0.3 is 0 Å². The standard InChI is InChI=1S/C13H18N6/c1-9-3-5-10(6-4-9)8-19(2)12-7-11(18-15)16-13(14)17-12/h3-7H,8,15H2,1-2H3,(H3,14,16,17,18). The van der Waals surface area contributed by atoms with Crippen LogP contribution < -0.4 is 21.9 Å². The lowest BCUT2D eigenvalue weighted by Gasteiger charge is -2.19. The summed E-state index contributed by atoms with van der Waals surface area (Å²) in [6.45, 7) is 2.80. The van der Waals surface area contributed by atoms with E-state index in [0.717, 1.165) is 12.4 Å². The van der Waals surface area contributed by atoms with Crippen molar-refractivity contribution in [1.82, 2.24) is 9.97 Å². The highest BCUT2D eigenvalue weighted by Crippen LogP contribution is 2.17. The van der Waals surface area contributed by atoms with Crippen LogP contribution in [-0.2, 0) is 6.54 Å². The average Bonchev–Trinajstić information content (AvgIpc) is 2.40. The Morgan fingerprint density at radius 2 is 1.89 bits per heavy atom. The molecular weight excluding hydrogens is 240 g/mol. The molecule has 0 aliphatic heterocycles. The minimum absolute atomic E-state index is 0.196. The molecule has 6 heteroatoms. The molecule has 2 rings (SSSR count). The van der Waals surface area contributed by atoms with E-state index in [4.69, 9.17) is 11.6 Å². The molecular formula is C13H18N6. The predicted octanol–water partition coefficient (Wildman–Crippen LogP) is 1.29. The summed E-state index contributed by atoms with van der Waals surface area (Å²) in [5.74, 6) is 6.76. The molecule has 0 atom stereocenters. The third-order valence-corrected chi connectivity index (χ3v) is 2.81. The fraction of sp³-hybridized carbons (Fsp3) is 0.231. The fourth-order valence-corrected chi connectivity index (χ4v) is 1.77. The summed E-state index contributed by atoms with van der Waals surface area (Å²) in [7, 11) is 1.95. The normalized spacial score (nSPS) is 10.3. The number of rotatable bonds is 4. The first-order chi connectivity index (χ1) is 9.08. The van der Waals surface area contributed by atoms with Gasteiger partial charge in [0.05, 0.1) is 0 Å². The summed E-state index contributed by atoms with van der Waals surface area (Å²) in [5, 5.41) is 0. The summed E-state index contributed by atoms with van der Waals surface area (Å²) < 4.78 is 0. The van der Waals surface area contributed by atoms with Gasteiger partial charge in [-0.3, -0.25) is 0 Å². The van der Waals surface area contributed by atoms with Crippen LogP contribution in [0.5, 0.6) is 0 Å². The highest BCUT2D eigenvalue weighted by atomic mass is 15.3. The molecule has 0 aliphatic rings.